The molecular formula is C17H22N2O4. The molecule has 1 aliphatic heterocycles. The zero-order chi connectivity index (χ0) is 17.0. The topological polar surface area (TPSA) is 67.9 Å². The fourth-order valence-corrected chi connectivity index (χ4v) is 2.62. The predicted octanol–water partition coefficient (Wildman–Crippen LogP) is 2.15. The molecule has 1 heterocycles. The van der Waals surface area contributed by atoms with Crippen molar-refractivity contribution < 1.29 is 19.1 Å². The number of nitrogens with zero attached hydrogens (tertiary/aromatic N) is 1. The number of hydrogen-bond donors (Lipinski definition) is 1. The van der Waals surface area contributed by atoms with Crippen molar-refractivity contribution in [1.82, 2.24) is 10.2 Å². The predicted molar refractivity (Wildman–Crippen MR) is 85.7 cm³/mol. The number of nitrogens with one attached hydrogen (secondary N) is 1. The summed E-state index contributed by atoms with van der Waals surface area (Å²) in [6.07, 6.45) is 0. The van der Waals surface area contributed by atoms with Crippen molar-refractivity contribution in [1.29, 1.82) is 0 Å². The molecular weight excluding hydrogens is 296 g/mol. The van der Waals surface area contributed by atoms with Crippen molar-refractivity contribution in [3.05, 3.63) is 46.7 Å². The third-order valence-electron chi connectivity index (χ3n) is 3.93. The van der Waals surface area contributed by atoms with Gasteiger partial charge in [-0.2, -0.15) is 0 Å². The number of urea groups is 1. The molecule has 1 aliphatic rings. The van der Waals surface area contributed by atoms with Crippen LogP contribution >= 0.6 is 0 Å². The Bertz CT molecular complexity index is 622. The summed E-state index contributed by atoms with van der Waals surface area (Å²) < 4.78 is 9.95. The van der Waals surface area contributed by atoms with Crippen LogP contribution in [0.5, 0.6) is 0 Å². The Morgan fingerprint density at radius 2 is 1.87 bits per heavy atom. The van der Waals surface area contributed by atoms with Crippen LogP contribution in [0.1, 0.15) is 24.1 Å². The maximum absolute atomic E-state index is 12.4. The van der Waals surface area contributed by atoms with E-state index in [4.69, 9.17) is 9.47 Å². The number of hydrogen-bond acceptors (Lipinski definition) is 4. The Balaban J connectivity index is 2.45. The monoisotopic (exact) mass is 318 g/mol. The van der Waals surface area contributed by atoms with E-state index in [9.17, 15) is 9.59 Å². The van der Waals surface area contributed by atoms with Gasteiger partial charge in [-0.3, -0.25) is 4.90 Å². The van der Waals surface area contributed by atoms with Gasteiger partial charge < -0.3 is 14.8 Å². The largest absolute Gasteiger partial charge is 0.466 e. The molecule has 1 N–H and O–H groups in total. The third-order valence-corrected chi connectivity index (χ3v) is 3.93. The number of esters is 1. The molecule has 2 rings (SSSR count). The second kappa shape index (κ2) is 7.28. The number of ether oxygens (including phenoxy) is 2. The van der Waals surface area contributed by atoms with Crippen molar-refractivity contribution in [3.8, 4) is 0 Å². The summed E-state index contributed by atoms with van der Waals surface area (Å²) >= 11 is 0. The summed E-state index contributed by atoms with van der Waals surface area (Å²) in [6, 6.07) is 6.93. The van der Waals surface area contributed by atoms with E-state index in [0.29, 0.717) is 24.4 Å². The van der Waals surface area contributed by atoms with Crippen LogP contribution in [0.25, 0.3) is 0 Å². The van der Waals surface area contributed by atoms with Crippen LogP contribution in [-0.4, -0.2) is 44.3 Å². The Morgan fingerprint density at radius 1 is 1.22 bits per heavy atom. The fraction of sp³-hybridized carbons (Fsp3) is 0.412. The van der Waals surface area contributed by atoms with Gasteiger partial charge in [0, 0.05) is 12.8 Å². The van der Waals surface area contributed by atoms with Crippen LogP contribution in [0.2, 0.25) is 0 Å². The van der Waals surface area contributed by atoms with Crippen LogP contribution in [0.3, 0.4) is 0 Å². The standard InChI is InChI=1S/C17H22N2O4/c1-11-5-7-13(8-6-11)15-14(16(20)23-4)12(2)19(9-10-22-3)17(21)18-15/h5-8,15H,9-10H2,1-4H3,(H,18,21)/t15-/m0/s1. The second-order valence-electron chi connectivity index (χ2n) is 5.43. The van der Waals surface area contributed by atoms with E-state index in [1.165, 1.54) is 12.0 Å². The number of allylic oxidation sites excluding steroid dienone is 1. The summed E-state index contributed by atoms with van der Waals surface area (Å²) in [7, 11) is 2.90. The van der Waals surface area contributed by atoms with Gasteiger partial charge in [-0.05, 0) is 19.4 Å². The fourth-order valence-electron chi connectivity index (χ4n) is 2.62. The SMILES string of the molecule is COCCN1C(=O)N[C@@H](c2ccc(C)cc2)C(C(=O)OC)=C1C. The molecule has 23 heavy (non-hydrogen) atoms. The van der Waals surface area contributed by atoms with E-state index < -0.39 is 12.0 Å². The maximum atomic E-state index is 12.4. The summed E-state index contributed by atoms with van der Waals surface area (Å²) in [6.45, 7) is 4.49. The van der Waals surface area contributed by atoms with Crippen molar-refractivity contribution in [3.63, 3.8) is 0 Å². The van der Waals surface area contributed by atoms with E-state index in [1.807, 2.05) is 31.2 Å². The van der Waals surface area contributed by atoms with Crippen molar-refractivity contribution in [2.75, 3.05) is 27.4 Å². The van der Waals surface area contributed by atoms with Gasteiger partial charge in [0.05, 0.1) is 31.9 Å². The minimum absolute atomic E-state index is 0.252. The van der Waals surface area contributed by atoms with Gasteiger partial charge in [-0.25, -0.2) is 9.59 Å². The lowest BCUT2D eigenvalue weighted by Gasteiger charge is -2.35. The van der Waals surface area contributed by atoms with Gasteiger partial charge in [0.25, 0.3) is 0 Å². The van der Waals surface area contributed by atoms with Gasteiger partial charge in [-0.1, -0.05) is 29.8 Å². The number of benzene rings is 1. The van der Waals surface area contributed by atoms with E-state index in [0.717, 1.165) is 11.1 Å². The number of rotatable bonds is 5. The first-order chi connectivity index (χ1) is 11.0. The lowest BCUT2D eigenvalue weighted by atomic mass is 9.94. The first kappa shape index (κ1) is 17.0. The number of amides is 2. The normalized spacial score (nSPS) is 18.0. The molecule has 1 atom stereocenters. The van der Waals surface area contributed by atoms with Crippen LogP contribution in [-0.2, 0) is 14.3 Å². The molecule has 0 aliphatic carbocycles. The van der Waals surface area contributed by atoms with Crippen LogP contribution < -0.4 is 5.32 Å². The Labute approximate surface area is 136 Å². The Hall–Kier alpha value is -2.34. The molecule has 1 aromatic rings. The molecule has 0 aromatic heterocycles. The first-order valence-corrected chi connectivity index (χ1v) is 7.42. The van der Waals surface area contributed by atoms with Crippen molar-refractivity contribution in [2.24, 2.45) is 0 Å². The molecule has 0 spiro atoms. The van der Waals surface area contributed by atoms with Crippen LogP contribution in [0.4, 0.5) is 4.79 Å². The first-order valence-electron chi connectivity index (χ1n) is 7.42. The highest BCUT2D eigenvalue weighted by Crippen LogP contribution is 2.31. The van der Waals surface area contributed by atoms with Gasteiger partial charge >= 0.3 is 12.0 Å². The average Bonchev–Trinajstić information content (AvgIpc) is 2.54. The minimum atomic E-state index is -0.519. The summed E-state index contributed by atoms with van der Waals surface area (Å²) in [5.74, 6) is -0.449. The number of carbonyl (C=O) groups is 2. The average molecular weight is 318 g/mol. The molecule has 0 fully saturated rings. The molecule has 2 amide bonds. The number of aryl methyl sites for hydroxylation is 1. The second-order valence-corrected chi connectivity index (χ2v) is 5.43. The quantitative estimate of drug-likeness (QED) is 0.845. The number of methoxy groups -OCH3 is 2. The molecule has 6 heteroatoms. The summed E-state index contributed by atoms with van der Waals surface area (Å²) in [4.78, 5) is 26.2. The van der Waals surface area contributed by atoms with Crippen LogP contribution in [0.15, 0.2) is 35.5 Å². The molecule has 6 nitrogen and oxygen atoms in total. The number of carbonyl (C=O) groups excluding carboxylic acids is 2. The summed E-state index contributed by atoms with van der Waals surface area (Å²) in [5, 5.41) is 2.88. The molecule has 0 bridgehead atoms. The van der Waals surface area contributed by atoms with Gasteiger partial charge in [0.2, 0.25) is 0 Å². The van der Waals surface area contributed by atoms with Crippen molar-refractivity contribution in [2.45, 2.75) is 19.9 Å². The molecule has 124 valence electrons. The Morgan fingerprint density at radius 3 is 2.43 bits per heavy atom. The highest BCUT2D eigenvalue weighted by molar-refractivity contribution is 5.95. The van der Waals surface area contributed by atoms with Crippen LogP contribution in [0, 0.1) is 6.92 Å². The van der Waals surface area contributed by atoms with Gasteiger partial charge in [0.15, 0.2) is 0 Å². The summed E-state index contributed by atoms with van der Waals surface area (Å²) in [5.41, 5.74) is 2.98. The Kier molecular flexibility index (Phi) is 5.39. The highest BCUT2D eigenvalue weighted by Gasteiger charge is 2.35. The van der Waals surface area contributed by atoms with Gasteiger partial charge in [0.1, 0.15) is 0 Å². The van der Waals surface area contributed by atoms with E-state index in [1.54, 1.807) is 14.0 Å². The smallest absolute Gasteiger partial charge is 0.337 e. The van der Waals surface area contributed by atoms with E-state index in [2.05, 4.69) is 5.32 Å². The van der Waals surface area contributed by atoms with Crippen molar-refractivity contribution >= 4 is 12.0 Å². The van der Waals surface area contributed by atoms with E-state index in [-0.39, 0.29) is 6.03 Å². The molecule has 0 unspecified atom stereocenters. The molecule has 0 radical (unpaired) electrons. The zero-order valence-corrected chi connectivity index (χ0v) is 13.9. The lowest BCUT2D eigenvalue weighted by Crippen LogP contribution is -2.48. The molecule has 0 saturated carbocycles. The third kappa shape index (κ3) is 3.53. The minimum Gasteiger partial charge on any atom is -0.466 e. The molecule has 1 aromatic carbocycles. The highest BCUT2D eigenvalue weighted by atomic mass is 16.5. The van der Waals surface area contributed by atoms with E-state index >= 15 is 0 Å². The molecule has 0 saturated heterocycles. The lowest BCUT2D eigenvalue weighted by molar-refractivity contribution is -0.136. The van der Waals surface area contributed by atoms with Gasteiger partial charge in [-0.15, -0.1) is 0 Å². The maximum Gasteiger partial charge on any atom is 0.337 e. The zero-order valence-electron chi connectivity index (χ0n) is 13.9.